The van der Waals surface area contributed by atoms with Crippen LogP contribution in [0.2, 0.25) is 0 Å². The lowest BCUT2D eigenvalue weighted by Gasteiger charge is -2.39. The largest absolute Gasteiger partial charge is 0.372 e. The van der Waals surface area contributed by atoms with Gasteiger partial charge in [0, 0.05) is 43.6 Å². The quantitative estimate of drug-likeness (QED) is 0.795. The molecule has 1 fully saturated rings. The zero-order chi connectivity index (χ0) is 20.4. The SMILES string of the molecule is CCCC(=O)N1CCc2nc(-c3ccccc3)nc(N3C[C@H](C)O[C@@H](C)C3)c2C1. The highest BCUT2D eigenvalue weighted by Crippen LogP contribution is 2.31. The fraction of sp³-hybridized carbons (Fsp3) is 0.522. The third kappa shape index (κ3) is 4.27. The summed E-state index contributed by atoms with van der Waals surface area (Å²) in [6.07, 6.45) is 2.53. The van der Waals surface area contributed by atoms with Gasteiger partial charge in [-0.25, -0.2) is 9.97 Å². The lowest BCUT2D eigenvalue weighted by atomic mass is 10.0. The number of nitrogens with zero attached hydrogens (tertiary/aromatic N) is 4. The van der Waals surface area contributed by atoms with Crippen molar-refractivity contribution >= 4 is 11.7 Å². The molecular formula is C23H30N4O2. The summed E-state index contributed by atoms with van der Waals surface area (Å²) >= 11 is 0. The molecule has 0 N–H and O–H groups in total. The van der Waals surface area contributed by atoms with Gasteiger partial charge in [-0.3, -0.25) is 4.79 Å². The standard InChI is InChI=1S/C23H30N4O2/c1-4-8-21(28)26-12-11-20-19(15-26)23(27-13-16(2)29-17(3)14-27)25-22(24-20)18-9-6-5-7-10-18/h5-7,9-10,16-17H,4,8,11-15H2,1-3H3/t16-,17-/m0/s1. The van der Waals surface area contributed by atoms with Crippen LogP contribution >= 0.6 is 0 Å². The second-order valence-corrected chi connectivity index (χ2v) is 8.14. The smallest absolute Gasteiger partial charge is 0.222 e. The average molecular weight is 395 g/mol. The Labute approximate surface area is 172 Å². The maximum atomic E-state index is 12.5. The first kappa shape index (κ1) is 19.8. The van der Waals surface area contributed by atoms with E-state index in [9.17, 15) is 4.79 Å². The van der Waals surface area contributed by atoms with Crippen LogP contribution in [-0.4, -0.2) is 52.6 Å². The summed E-state index contributed by atoms with van der Waals surface area (Å²) in [4.78, 5) is 26.7. The number of fused-ring (bicyclic) bond motifs is 1. The number of anilines is 1. The molecule has 1 saturated heterocycles. The molecule has 0 saturated carbocycles. The molecule has 6 heteroatoms. The van der Waals surface area contributed by atoms with Crippen LogP contribution in [0.5, 0.6) is 0 Å². The molecule has 2 aliphatic rings. The number of benzene rings is 1. The Morgan fingerprint density at radius 3 is 2.55 bits per heavy atom. The van der Waals surface area contributed by atoms with Crippen molar-refractivity contribution < 1.29 is 9.53 Å². The number of morpholine rings is 1. The normalized spacial score (nSPS) is 21.8. The van der Waals surface area contributed by atoms with Gasteiger partial charge < -0.3 is 14.5 Å². The topological polar surface area (TPSA) is 58.6 Å². The molecule has 0 aliphatic carbocycles. The van der Waals surface area contributed by atoms with Crippen LogP contribution in [0.15, 0.2) is 30.3 Å². The number of carbonyl (C=O) groups excluding carboxylic acids is 1. The molecule has 29 heavy (non-hydrogen) atoms. The third-order valence-electron chi connectivity index (χ3n) is 5.61. The van der Waals surface area contributed by atoms with Crippen LogP contribution in [0.4, 0.5) is 5.82 Å². The van der Waals surface area contributed by atoms with Gasteiger partial charge in [0.1, 0.15) is 5.82 Å². The molecule has 3 heterocycles. The summed E-state index contributed by atoms with van der Waals surface area (Å²) in [5.41, 5.74) is 3.19. The van der Waals surface area contributed by atoms with E-state index in [4.69, 9.17) is 14.7 Å². The van der Waals surface area contributed by atoms with E-state index in [2.05, 4.69) is 30.9 Å². The fourth-order valence-corrected chi connectivity index (χ4v) is 4.31. The van der Waals surface area contributed by atoms with Crippen molar-refractivity contribution in [3.63, 3.8) is 0 Å². The van der Waals surface area contributed by atoms with Gasteiger partial charge in [-0.1, -0.05) is 37.3 Å². The van der Waals surface area contributed by atoms with Crippen molar-refractivity contribution in [1.82, 2.24) is 14.9 Å². The first-order valence-corrected chi connectivity index (χ1v) is 10.7. The Balaban J connectivity index is 1.75. The Morgan fingerprint density at radius 2 is 1.86 bits per heavy atom. The summed E-state index contributed by atoms with van der Waals surface area (Å²) in [5, 5.41) is 0. The van der Waals surface area contributed by atoms with Crippen molar-refractivity contribution in [3.8, 4) is 11.4 Å². The van der Waals surface area contributed by atoms with Crippen molar-refractivity contribution in [3.05, 3.63) is 41.6 Å². The van der Waals surface area contributed by atoms with E-state index < -0.39 is 0 Å². The molecule has 1 amide bonds. The minimum absolute atomic E-state index is 0.144. The number of hydrogen-bond acceptors (Lipinski definition) is 5. The van der Waals surface area contributed by atoms with Crippen LogP contribution in [0.25, 0.3) is 11.4 Å². The van der Waals surface area contributed by atoms with Crippen LogP contribution < -0.4 is 4.90 Å². The van der Waals surface area contributed by atoms with Crippen LogP contribution in [0.3, 0.4) is 0 Å². The van der Waals surface area contributed by atoms with Crippen molar-refractivity contribution in [2.24, 2.45) is 0 Å². The Kier molecular flexibility index (Phi) is 5.81. The number of ether oxygens (including phenoxy) is 1. The molecule has 4 rings (SSSR count). The Hall–Kier alpha value is -2.47. The van der Waals surface area contributed by atoms with E-state index in [0.29, 0.717) is 13.0 Å². The van der Waals surface area contributed by atoms with E-state index in [0.717, 1.165) is 60.9 Å². The van der Waals surface area contributed by atoms with Gasteiger partial charge in [-0.05, 0) is 20.3 Å². The number of amides is 1. The lowest BCUT2D eigenvalue weighted by Crippen LogP contribution is -2.47. The predicted molar refractivity (Wildman–Crippen MR) is 114 cm³/mol. The summed E-state index contributed by atoms with van der Waals surface area (Å²) in [5.74, 6) is 1.95. The molecule has 0 radical (unpaired) electrons. The highest BCUT2D eigenvalue weighted by Gasteiger charge is 2.30. The Bertz CT molecular complexity index is 861. The van der Waals surface area contributed by atoms with E-state index in [1.54, 1.807) is 0 Å². The van der Waals surface area contributed by atoms with Gasteiger partial charge >= 0.3 is 0 Å². The minimum atomic E-state index is 0.144. The number of rotatable bonds is 4. The van der Waals surface area contributed by atoms with Crippen LogP contribution in [0, 0.1) is 0 Å². The molecule has 0 bridgehead atoms. The lowest BCUT2D eigenvalue weighted by molar-refractivity contribution is -0.132. The van der Waals surface area contributed by atoms with Crippen molar-refractivity contribution in [1.29, 1.82) is 0 Å². The summed E-state index contributed by atoms with van der Waals surface area (Å²) in [6, 6.07) is 10.1. The first-order chi connectivity index (χ1) is 14.0. The summed E-state index contributed by atoms with van der Waals surface area (Å²) < 4.78 is 5.94. The van der Waals surface area contributed by atoms with Gasteiger partial charge in [-0.15, -0.1) is 0 Å². The number of carbonyl (C=O) groups is 1. The zero-order valence-electron chi connectivity index (χ0n) is 17.6. The monoisotopic (exact) mass is 394 g/mol. The molecule has 2 aromatic rings. The number of aromatic nitrogens is 2. The molecular weight excluding hydrogens is 364 g/mol. The van der Waals surface area contributed by atoms with Crippen molar-refractivity contribution in [2.45, 2.75) is 58.8 Å². The van der Waals surface area contributed by atoms with E-state index in [1.165, 1.54) is 0 Å². The molecule has 0 spiro atoms. The molecule has 1 aromatic carbocycles. The molecule has 154 valence electrons. The van der Waals surface area contributed by atoms with E-state index in [-0.39, 0.29) is 18.1 Å². The summed E-state index contributed by atoms with van der Waals surface area (Å²) in [6.45, 7) is 9.17. The molecule has 6 nitrogen and oxygen atoms in total. The third-order valence-corrected chi connectivity index (χ3v) is 5.61. The predicted octanol–water partition coefficient (Wildman–Crippen LogP) is 3.44. The fourth-order valence-electron chi connectivity index (χ4n) is 4.31. The van der Waals surface area contributed by atoms with E-state index in [1.807, 2.05) is 30.0 Å². The van der Waals surface area contributed by atoms with Gasteiger partial charge in [0.05, 0.1) is 24.4 Å². The van der Waals surface area contributed by atoms with Gasteiger partial charge in [0.2, 0.25) is 5.91 Å². The molecule has 0 unspecified atom stereocenters. The molecule has 2 aliphatic heterocycles. The second-order valence-electron chi connectivity index (χ2n) is 8.14. The zero-order valence-corrected chi connectivity index (χ0v) is 17.6. The Morgan fingerprint density at radius 1 is 1.14 bits per heavy atom. The highest BCUT2D eigenvalue weighted by atomic mass is 16.5. The average Bonchev–Trinajstić information content (AvgIpc) is 2.72. The van der Waals surface area contributed by atoms with Crippen molar-refractivity contribution in [2.75, 3.05) is 24.5 Å². The maximum Gasteiger partial charge on any atom is 0.222 e. The second kappa shape index (κ2) is 8.49. The molecule has 2 atom stereocenters. The maximum absolute atomic E-state index is 12.5. The van der Waals surface area contributed by atoms with Crippen LogP contribution in [-0.2, 0) is 22.5 Å². The van der Waals surface area contributed by atoms with Crippen LogP contribution in [0.1, 0.15) is 44.9 Å². The van der Waals surface area contributed by atoms with E-state index >= 15 is 0 Å². The van der Waals surface area contributed by atoms with Gasteiger partial charge in [0.25, 0.3) is 0 Å². The number of hydrogen-bond donors (Lipinski definition) is 0. The highest BCUT2D eigenvalue weighted by molar-refractivity contribution is 5.77. The van der Waals surface area contributed by atoms with Gasteiger partial charge in [0.15, 0.2) is 5.82 Å². The molecule has 1 aromatic heterocycles. The van der Waals surface area contributed by atoms with Gasteiger partial charge in [-0.2, -0.15) is 0 Å². The first-order valence-electron chi connectivity index (χ1n) is 10.7. The minimum Gasteiger partial charge on any atom is -0.372 e. The summed E-state index contributed by atoms with van der Waals surface area (Å²) in [7, 11) is 0.